The fourth-order valence-electron chi connectivity index (χ4n) is 1.46. The van der Waals surface area contributed by atoms with Gasteiger partial charge in [0.15, 0.2) is 17.4 Å². The number of carbonyl (C=O) groups is 2. The van der Waals surface area contributed by atoms with Crippen LogP contribution in [0.5, 0.6) is 0 Å². The maximum Gasteiger partial charge on any atom is 0.260 e. The molecule has 0 unspecified atom stereocenters. The number of ketones is 1. The number of carbonyl (C=O) groups excluding carboxylic acids is 2. The van der Waals surface area contributed by atoms with Crippen molar-refractivity contribution in [2.75, 3.05) is 5.32 Å². The average molecular weight is 285 g/mol. The molecule has 1 heterocycles. The molecule has 0 spiro atoms. The number of halogens is 3. The van der Waals surface area contributed by atoms with Gasteiger partial charge >= 0.3 is 0 Å². The Morgan fingerprint density at radius 3 is 2.79 bits per heavy atom. The highest BCUT2D eigenvalue weighted by molar-refractivity contribution is 6.67. The summed E-state index contributed by atoms with van der Waals surface area (Å²) < 4.78 is 26.3. The van der Waals surface area contributed by atoms with Gasteiger partial charge in [-0.1, -0.05) is 17.7 Å². The van der Waals surface area contributed by atoms with Crippen molar-refractivity contribution in [3.05, 3.63) is 41.6 Å². The fourth-order valence-corrected chi connectivity index (χ4v) is 1.63. The zero-order valence-corrected chi connectivity index (χ0v) is 10.2. The van der Waals surface area contributed by atoms with Gasteiger partial charge in [0.2, 0.25) is 0 Å². The van der Waals surface area contributed by atoms with Gasteiger partial charge in [0.05, 0.1) is 12.1 Å². The molecule has 0 bridgehead atoms. The maximum absolute atomic E-state index is 13.3. The summed E-state index contributed by atoms with van der Waals surface area (Å²) in [5.74, 6) is -3.68. The lowest BCUT2D eigenvalue weighted by Gasteiger charge is -2.10. The van der Waals surface area contributed by atoms with Crippen LogP contribution in [0.2, 0.25) is 0 Å². The van der Waals surface area contributed by atoms with Crippen molar-refractivity contribution in [2.24, 2.45) is 4.99 Å². The van der Waals surface area contributed by atoms with Gasteiger partial charge < -0.3 is 5.32 Å². The van der Waals surface area contributed by atoms with Gasteiger partial charge in [-0.3, -0.25) is 9.59 Å². The van der Waals surface area contributed by atoms with Gasteiger partial charge in [-0.2, -0.15) is 0 Å². The van der Waals surface area contributed by atoms with Crippen LogP contribution in [0.3, 0.4) is 0 Å². The molecule has 2 rings (SSSR count). The van der Waals surface area contributed by atoms with Gasteiger partial charge in [0, 0.05) is 6.20 Å². The lowest BCUT2D eigenvalue weighted by atomic mass is 10.1. The van der Waals surface area contributed by atoms with Crippen molar-refractivity contribution in [2.45, 2.75) is 6.42 Å². The van der Waals surface area contributed by atoms with E-state index in [4.69, 9.17) is 11.6 Å². The summed E-state index contributed by atoms with van der Waals surface area (Å²) in [6.45, 7) is 0. The minimum atomic E-state index is -1.19. The number of benzene rings is 1. The molecule has 0 atom stereocenters. The van der Waals surface area contributed by atoms with E-state index < -0.39 is 23.3 Å². The summed E-state index contributed by atoms with van der Waals surface area (Å²) in [6.07, 6.45) is 0.813. The van der Waals surface area contributed by atoms with Crippen LogP contribution in [0.25, 0.3) is 0 Å². The van der Waals surface area contributed by atoms with Crippen molar-refractivity contribution in [3.63, 3.8) is 0 Å². The second kappa shape index (κ2) is 5.27. The summed E-state index contributed by atoms with van der Waals surface area (Å²) in [4.78, 5) is 26.9. The molecule has 0 aliphatic carbocycles. The molecule has 1 aliphatic rings. The zero-order valence-electron chi connectivity index (χ0n) is 9.41. The molecule has 0 saturated heterocycles. The van der Waals surface area contributed by atoms with E-state index in [9.17, 15) is 18.4 Å². The number of anilines is 1. The monoisotopic (exact) mass is 284 g/mol. The Hall–Kier alpha value is -2.08. The van der Waals surface area contributed by atoms with Gasteiger partial charge in [-0.25, -0.2) is 13.8 Å². The minimum absolute atomic E-state index is 0.0680. The molecule has 0 aromatic heterocycles. The molecule has 1 amide bonds. The summed E-state index contributed by atoms with van der Waals surface area (Å²) in [6, 6.07) is 3.33. The quantitative estimate of drug-likeness (QED) is 0.848. The number of amides is 1. The Morgan fingerprint density at radius 1 is 1.37 bits per heavy atom. The Kier molecular flexibility index (Phi) is 3.71. The lowest BCUT2D eigenvalue weighted by Crippen LogP contribution is -2.24. The Balaban J connectivity index is 2.23. The molecule has 1 aliphatic heterocycles. The molecule has 0 saturated carbocycles. The molecule has 98 valence electrons. The van der Waals surface area contributed by atoms with E-state index in [0.29, 0.717) is 0 Å². The van der Waals surface area contributed by atoms with E-state index in [2.05, 4.69) is 10.3 Å². The van der Waals surface area contributed by atoms with Crippen LogP contribution in [0.4, 0.5) is 14.5 Å². The summed E-state index contributed by atoms with van der Waals surface area (Å²) in [7, 11) is 0. The van der Waals surface area contributed by atoms with Gasteiger partial charge in [-0.15, -0.1) is 0 Å². The van der Waals surface area contributed by atoms with E-state index in [1.807, 2.05) is 0 Å². The molecule has 0 radical (unpaired) electrons. The van der Waals surface area contributed by atoms with Crippen LogP contribution in [0.15, 0.2) is 35.0 Å². The smallest absolute Gasteiger partial charge is 0.260 e. The highest BCUT2D eigenvalue weighted by Gasteiger charge is 2.23. The van der Waals surface area contributed by atoms with E-state index in [1.54, 1.807) is 0 Å². The second-order valence-corrected chi connectivity index (χ2v) is 4.14. The molecule has 1 aromatic carbocycles. The van der Waals surface area contributed by atoms with Crippen molar-refractivity contribution in [1.82, 2.24) is 0 Å². The largest absolute Gasteiger partial charge is 0.319 e. The van der Waals surface area contributed by atoms with E-state index in [1.165, 1.54) is 12.1 Å². The first-order valence-corrected chi connectivity index (χ1v) is 5.57. The second-order valence-electron chi connectivity index (χ2n) is 3.70. The van der Waals surface area contributed by atoms with Gasteiger partial charge in [0.25, 0.3) is 5.91 Å². The van der Waals surface area contributed by atoms with Crippen molar-refractivity contribution < 1.29 is 18.4 Å². The topological polar surface area (TPSA) is 58.5 Å². The Morgan fingerprint density at radius 2 is 2.11 bits per heavy atom. The SMILES string of the molecule is O=C1CC(Cl)=NC=C1C(=O)Nc1cccc(F)c1F. The molecule has 0 fully saturated rings. The molecule has 1 N–H and O–H groups in total. The first-order chi connectivity index (χ1) is 8.99. The van der Waals surface area contributed by atoms with Crippen LogP contribution < -0.4 is 5.32 Å². The lowest BCUT2D eigenvalue weighted by molar-refractivity contribution is -0.119. The van der Waals surface area contributed by atoms with Gasteiger partial charge in [0.1, 0.15) is 10.7 Å². The minimum Gasteiger partial charge on any atom is -0.319 e. The number of hydrogen-bond donors (Lipinski definition) is 1. The van der Waals surface area contributed by atoms with E-state index >= 15 is 0 Å². The van der Waals surface area contributed by atoms with E-state index in [0.717, 1.165) is 12.3 Å². The predicted octanol–water partition coefficient (Wildman–Crippen LogP) is 2.40. The molecule has 1 aromatic rings. The number of nitrogens with one attached hydrogen (secondary N) is 1. The molecule has 4 nitrogen and oxygen atoms in total. The highest BCUT2D eigenvalue weighted by atomic mass is 35.5. The van der Waals surface area contributed by atoms with Crippen LogP contribution >= 0.6 is 11.6 Å². The molecular formula is C12H7ClF2N2O2. The average Bonchev–Trinajstić information content (AvgIpc) is 2.34. The van der Waals surface area contributed by atoms with Crippen LogP contribution in [0.1, 0.15) is 6.42 Å². The third-order valence-corrected chi connectivity index (χ3v) is 2.62. The molecule has 7 heteroatoms. The van der Waals surface area contributed by atoms with Crippen molar-refractivity contribution in [1.29, 1.82) is 0 Å². The predicted molar refractivity (Wildman–Crippen MR) is 66.0 cm³/mol. The zero-order chi connectivity index (χ0) is 14.0. The number of aliphatic imine (C=N–C) groups is 1. The number of Topliss-reactive ketones (excluding diaryl/α,β-unsaturated/α-hetero) is 1. The first kappa shape index (κ1) is 13.4. The Bertz CT molecular complexity index is 626. The number of rotatable bonds is 2. The molecular weight excluding hydrogens is 278 g/mol. The van der Waals surface area contributed by atoms with Crippen LogP contribution in [0, 0.1) is 11.6 Å². The summed E-state index contributed by atoms with van der Waals surface area (Å²) in [5, 5.41) is 2.18. The normalized spacial score (nSPS) is 14.8. The van der Waals surface area contributed by atoms with Crippen LogP contribution in [-0.2, 0) is 9.59 Å². The third-order valence-electron chi connectivity index (χ3n) is 2.38. The molecule has 19 heavy (non-hydrogen) atoms. The third kappa shape index (κ3) is 2.85. The standard InChI is InChI=1S/C12H7ClF2N2O2/c13-10-4-9(18)6(5-16-10)12(19)17-8-3-1-2-7(14)11(8)15/h1-3,5H,4H2,(H,17,19). The number of hydrogen-bond acceptors (Lipinski definition) is 3. The fraction of sp³-hybridized carbons (Fsp3) is 0.0833. The maximum atomic E-state index is 13.3. The van der Waals surface area contributed by atoms with Crippen LogP contribution in [-0.4, -0.2) is 16.9 Å². The first-order valence-electron chi connectivity index (χ1n) is 5.20. The Labute approximate surface area is 111 Å². The highest BCUT2D eigenvalue weighted by Crippen LogP contribution is 2.19. The van der Waals surface area contributed by atoms with Crippen molar-refractivity contribution in [3.8, 4) is 0 Å². The van der Waals surface area contributed by atoms with Crippen molar-refractivity contribution >= 4 is 34.1 Å². The number of nitrogens with zero attached hydrogens (tertiary/aromatic N) is 1. The summed E-state index contributed by atoms with van der Waals surface area (Å²) >= 11 is 5.53. The van der Waals surface area contributed by atoms with Gasteiger partial charge in [-0.05, 0) is 12.1 Å². The van der Waals surface area contributed by atoms with E-state index in [-0.39, 0.29) is 22.9 Å². The summed E-state index contributed by atoms with van der Waals surface area (Å²) in [5.41, 5.74) is -0.604.